The van der Waals surface area contributed by atoms with Gasteiger partial charge in [0.15, 0.2) is 0 Å². The van der Waals surface area contributed by atoms with Crippen LogP contribution in [0.4, 0.5) is 0 Å². The molecule has 1 heterocycles. The van der Waals surface area contributed by atoms with Crippen molar-refractivity contribution >= 4 is 17.4 Å². The van der Waals surface area contributed by atoms with E-state index in [9.17, 15) is 4.79 Å². The normalized spacial score (nSPS) is 11.9. The molecule has 0 atom stereocenters. The SMILES string of the molecule is CC(=O)CC(C)(C)Cc1c(C)nn(C)c1Cl. The first-order valence-electron chi connectivity index (χ1n) is 5.40. The number of hydrogen-bond donors (Lipinski definition) is 0. The molecule has 0 radical (unpaired) electrons. The predicted octanol–water partition coefficient (Wildman–Crippen LogP) is 2.93. The van der Waals surface area contributed by atoms with Gasteiger partial charge in [-0.1, -0.05) is 25.4 Å². The summed E-state index contributed by atoms with van der Waals surface area (Å²) in [6.45, 7) is 7.73. The highest BCUT2D eigenvalue weighted by Crippen LogP contribution is 2.31. The molecule has 0 amide bonds. The van der Waals surface area contributed by atoms with Gasteiger partial charge < -0.3 is 4.79 Å². The van der Waals surface area contributed by atoms with Gasteiger partial charge in [-0.2, -0.15) is 5.10 Å². The Hall–Kier alpha value is -0.830. The third-order valence-electron chi connectivity index (χ3n) is 2.65. The number of rotatable bonds is 4. The maximum absolute atomic E-state index is 11.2. The number of hydrogen-bond acceptors (Lipinski definition) is 2. The Morgan fingerprint density at radius 1 is 1.50 bits per heavy atom. The van der Waals surface area contributed by atoms with Gasteiger partial charge in [0.25, 0.3) is 0 Å². The quantitative estimate of drug-likeness (QED) is 0.814. The molecule has 0 aromatic carbocycles. The van der Waals surface area contributed by atoms with Crippen molar-refractivity contribution in [3.63, 3.8) is 0 Å². The Labute approximate surface area is 102 Å². The van der Waals surface area contributed by atoms with Crippen LogP contribution in [0.25, 0.3) is 0 Å². The lowest BCUT2D eigenvalue weighted by Crippen LogP contribution is -2.19. The molecule has 3 nitrogen and oxygen atoms in total. The highest BCUT2D eigenvalue weighted by atomic mass is 35.5. The van der Waals surface area contributed by atoms with Crippen LogP contribution in [0, 0.1) is 12.3 Å². The number of aryl methyl sites for hydroxylation is 2. The van der Waals surface area contributed by atoms with Crippen molar-refractivity contribution in [2.75, 3.05) is 0 Å². The first kappa shape index (κ1) is 13.2. The molecule has 0 fully saturated rings. The fourth-order valence-electron chi connectivity index (χ4n) is 2.09. The number of carbonyl (C=O) groups is 1. The highest BCUT2D eigenvalue weighted by molar-refractivity contribution is 6.30. The van der Waals surface area contributed by atoms with Crippen LogP contribution in [-0.2, 0) is 18.3 Å². The second-order valence-electron chi connectivity index (χ2n) is 5.20. The smallest absolute Gasteiger partial charge is 0.130 e. The molecule has 16 heavy (non-hydrogen) atoms. The minimum Gasteiger partial charge on any atom is -0.300 e. The Bertz CT molecular complexity index is 407. The molecular formula is C12H19ClN2O. The molecule has 1 aromatic rings. The summed E-state index contributed by atoms with van der Waals surface area (Å²) in [4.78, 5) is 11.2. The van der Waals surface area contributed by atoms with Gasteiger partial charge in [-0.25, -0.2) is 0 Å². The van der Waals surface area contributed by atoms with Crippen LogP contribution in [-0.4, -0.2) is 15.6 Å². The van der Waals surface area contributed by atoms with Gasteiger partial charge in [-0.3, -0.25) is 4.68 Å². The van der Waals surface area contributed by atoms with E-state index in [0.29, 0.717) is 11.6 Å². The number of ketones is 1. The van der Waals surface area contributed by atoms with E-state index >= 15 is 0 Å². The second-order valence-corrected chi connectivity index (χ2v) is 5.56. The number of nitrogens with zero attached hydrogens (tertiary/aromatic N) is 2. The fourth-order valence-corrected chi connectivity index (χ4v) is 2.33. The zero-order valence-corrected chi connectivity index (χ0v) is 11.4. The van der Waals surface area contributed by atoms with Crippen molar-refractivity contribution in [2.45, 2.75) is 40.5 Å². The van der Waals surface area contributed by atoms with E-state index in [-0.39, 0.29) is 11.2 Å². The standard InChI is InChI=1S/C12H19ClN2O/c1-8(16)6-12(3,4)7-10-9(2)14-15(5)11(10)13/h6-7H2,1-5H3. The Balaban J connectivity index is 2.91. The van der Waals surface area contributed by atoms with Crippen LogP contribution in [0.2, 0.25) is 5.15 Å². The lowest BCUT2D eigenvalue weighted by Gasteiger charge is -2.23. The van der Waals surface area contributed by atoms with Crippen molar-refractivity contribution in [1.29, 1.82) is 0 Å². The third kappa shape index (κ3) is 3.08. The lowest BCUT2D eigenvalue weighted by molar-refractivity contribution is -0.118. The maximum atomic E-state index is 11.2. The van der Waals surface area contributed by atoms with Crippen molar-refractivity contribution in [3.8, 4) is 0 Å². The Kier molecular flexibility index (Phi) is 3.79. The van der Waals surface area contributed by atoms with Crippen LogP contribution in [0.3, 0.4) is 0 Å². The van der Waals surface area contributed by atoms with Gasteiger partial charge in [0.1, 0.15) is 10.9 Å². The monoisotopic (exact) mass is 242 g/mol. The third-order valence-corrected chi connectivity index (χ3v) is 3.13. The Morgan fingerprint density at radius 2 is 2.06 bits per heavy atom. The van der Waals surface area contributed by atoms with Gasteiger partial charge in [0, 0.05) is 19.0 Å². The van der Waals surface area contributed by atoms with E-state index in [0.717, 1.165) is 17.7 Å². The number of aromatic nitrogens is 2. The molecule has 0 aliphatic heterocycles. The summed E-state index contributed by atoms with van der Waals surface area (Å²) >= 11 is 6.17. The van der Waals surface area contributed by atoms with Crippen molar-refractivity contribution < 1.29 is 4.79 Å². The molecule has 0 aliphatic rings. The first-order valence-corrected chi connectivity index (χ1v) is 5.78. The van der Waals surface area contributed by atoms with Crippen molar-refractivity contribution in [1.82, 2.24) is 9.78 Å². The van der Waals surface area contributed by atoms with Gasteiger partial charge in [-0.05, 0) is 25.7 Å². The lowest BCUT2D eigenvalue weighted by atomic mass is 9.81. The summed E-state index contributed by atoms with van der Waals surface area (Å²) in [7, 11) is 1.83. The summed E-state index contributed by atoms with van der Waals surface area (Å²) in [5, 5.41) is 4.95. The fraction of sp³-hybridized carbons (Fsp3) is 0.667. The largest absolute Gasteiger partial charge is 0.300 e. The van der Waals surface area contributed by atoms with E-state index < -0.39 is 0 Å². The average molecular weight is 243 g/mol. The average Bonchev–Trinajstić information content (AvgIpc) is 2.29. The van der Waals surface area contributed by atoms with Crippen LogP contribution >= 0.6 is 11.6 Å². The summed E-state index contributed by atoms with van der Waals surface area (Å²) in [5.74, 6) is 0.211. The Morgan fingerprint density at radius 3 is 2.44 bits per heavy atom. The van der Waals surface area contributed by atoms with E-state index in [1.165, 1.54) is 0 Å². The van der Waals surface area contributed by atoms with Crippen LogP contribution in [0.5, 0.6) is 0 Å². The molecule has 0 bridgehead atoms. The molecule has 90 valence electrons. The topological polar surface area (TPSA) is 34.9 Å². The molecule has 0 saturated heterocycles. The first-order chi connectivity index (χ1) is 7.23. The molecule has 1 aromatic heterocycles. The zero-order valence-electron chi connectivity index (χ0n) is 10.6. The molecular weight excluding hydrogens is 224 g/mol. The van der Waals surface area contributed by atoms with Crippen LogP contribution in [0.1, 0.15) is 38.4 Å². The number of halogens is 1. The minimum atomic E-state index is -0.0662. The minimum absolute atomic E-state index is 0.0662. The van der Waals surface area contributed by atoms with Crippen molar-refractivity contribution in [3.05, 3.63) is 16.4 Å². The predicted molar refractivity (Wildman–Crippen MR) is 65.7 cm³/mol. The summed E-state index contributed by atoms with van der Waals surface area (Å²) in [5.41, 5.74) is 1.93. The molecule has 1 rings (SSSR count). The summed E-state index contributed by atoms with van der Waals surface area (Å²) in [6, 6.07) is 0. The molecule has 0 aliphatic carbocycles. The molecule has 0 spiro atoms. The zero-order chi connectivity index (χ0) is 12.5. The number of carbonyl (C=O) groups excluding carboxylic acids is 1. The van der Waals surface area contributed by atoms with Gasteiger partial charge >= 0.3 is 0 Å². The van der Waals surface area contributed by atoms with E-state index in [1.54, 1.807) is 11.6 Å². The summed E-state index contributed by atoms with van der Waals surface area (Å²) in [6.07, 6.45) is 1.35. The van der Waals surface area contributed by atoms with Crippen molar-refractivity contribution in [2.24, 2.45) is 12.5 Å². The number of Topliss-reactive ketones (excluding diaryl/α,β-unsaturated/α-hetero) is 1. The van der Waals surface area contributed by atoms with E-state index in [4.69, 9.17) is 11.6 Å². The molecule has 4 heteroatoms. The molecule has 0 unspecified atom stereocenters. The highest BCUT2D eigenvalue weighted by Gasteiger charge is 2.24. The van der Waals surface area contributed by atoms with Gasteiger partial charge in [0.05, 0.1) is 5.69 Å². The van der Waals surface area contributed by atoms with Crippen LogP contribution in [0.15, 0.2) is 0 Å². The van der Waals surface area contributed by atoms with E-state index in [2.05, 4.69) is 18.9 Å². The van der Waals surface area contributed by atoms with Crippen LogP contribution < -0.4 is 0 Å². The molecule has 0 N–H and O–H groups in total. The van der Waals surface area contributed by atoms with E-state index in [1.807, 2.05) is 14.0 Å². The maximum Gasteiger partial charge on any atom is 0.130 e. The molecule has 0 saturated carbocycles. The van der Waals surface area contributed by atoms with Gasteiger partial charge in [0.2, 0.25) is 0 Å². The summed E-state index contributed by atoms with van der Waals surface area (Å²) < 4.78 is 1.68. The van der Waals surface area contributed by atoms with Gasteiger partial charge in [-0.15, -0.1) is 0 Å². The second kappa shape index (κ2) is 4.58.